The number of aromatic nitrogens is 2. The molecule has 29 heavy (non-hydrogen) atoms. The van der Waals surface area contributed by atoms with E-state index in [2.05, 4.69) is 20.8 Å². The summed E-state index contributed by atoms with van der Waals surface area (Å²) in [6.45, 7) is 1.60. The van der Waals surface area contributed by atoms with Gasteiger partial charge in [-0.2, -0.15) is 13.2 Å². The Hall–Kier alpha value is -2.66. The Bertz CT molecular complexity index is 1010. The van der Waals surface area contributed by atoms with Gasteiger partial charge in [-0.25, -0.2) is 4.39 Å². The molecule has 0 aliphatic rings. The quantitative estimate of drug-likeness (QED) is 0.387. The summed E-state index contributed by atoms with van der Waals surface area (Å²) in [5, 5.41) is 12.8. The van der Waals surface area contributed by atoms with Crippen molar-refractivity contribution >= 4 is 45.5 Å². The highest BCUT2D eigenvalue weighted by Gasteiger charge is 2.30. The second kappa shape index (κ2) is 8.78. The fourth-order valence-electron chi connectivity index (χ4n) is 2.21. The maximum atomic E-state index is 13.7. The van der Waals surface area contributed by atoms with Gasteiger partial charge < -0.3 is 10.6 Å². The van der Waals surface area contributed by atoms with Crippen LogP contribution in [0.5, 0.6) is 0 Å². The number of carbonyl (C=O) groups excluding carboxylic acids is 1. The zero-order chi connectivity index (χ0) is 21.0. The third kappa shape index (κ3) is 5.67. The minimum atomic E-state index is -4.49. The topological polar surface area (TPSA) is 66.9 Å². The Balaban J connectivity index is 1.60. The lowest BCUT2D eigenvalue weighted by atomic mass is 10.2. The number of anilines is 3. The van der Waals surface area contributed by atoms with E-state index in [-0.39, 0.29) is 11.4 Å². The summed E-state index contributed by atoms with van der Waals surface area (Å²) in [5.74, 6) is -0.918. The summed E-state index contributed by atoms with van der Waals surface area (Å²) in [6, 6.07) is 10.5. The van der Waals surface area contributed by atoms with E-state index in [0.717, 1.165) is 35.2 Å². The first-order valence-electron chi connectivity index (χ1n) is 8.22. The maximum Gasteiger partial charge on any atom is 0.416 e. The summed E-state index contributed by atoms with van der Waals surface area (Å²) >= 11 is 2.22. The van der Waals surface area contributed by atoms with Crippen LogP contribution in [0.15, 0.2) is 52.9 Å². The molecular formula is C18H14F4N4OS2. The van der Waals surface area contributed by atoms with Gasteiger partial charge in [-0.15, -0.1) is 10.2 Å². The molecule has 3 aromatic rings. The van der Waals surface area contributed by atoms with Gasteiger partial charge in [-0.1, -0.05) is 41.3 Å². The molecule has 2 aromatic carbocycles. The molecule has 1 amide bonds. The van der Waals surface area contributed by atoms with Gasteiger partial charge in [0, 0.05) is 5.69 Å². The molecule has 2 N–H and O–H groups in total. The molecule has 1 heterocycles. The van der Waals surface area contributed by atoms with Gasteiger partial charge in [0.1, 0.15) is 5.82 Å². The van der Waals surface area contributed by atoms with Crippen molar-refractivity contribution in [3.05, 3.63) is 59.9 Å². The fourth-order valence-corrected chi connectivity index (χ4v) is 4.12. The smallest absolute Gasteiger partial charge is 0.328 e. The van der Waals surface area contributed by atoms with Crippen LogP contribution in [0.4, 0.5) is 34.1 Å². The number of nitrogens with one attached hydrogen (secondary N) is 2. The Morgan fingerprint density at radius 2 is 1.90 bits per heavy atom. The van der Waals surface area contributed by atoms with Crippen molar-refractivity contribution in [3.8, 4) is 0 Å². The van der Waals surface area contributed by atoms with Crippen molar-refractivity contribution in [2.45, 2.75) is 22.7 Å². The average molecular weight is 442 g/mol. The van der Waals surface area contributed by atoms with E-state index in [0.29, 0.717) is 9.47 Å². The van der Waals surface area contributed by atoms with Gasteiger partial charge in [0.15, 0.2) is 4.34 Å². The SMILES string of the molecule is CC(Sc1nnc(Nc2ccccc2F)s1)C(=O)Nc1cccc(C(F)(F)F)c1. The van der Waals surface area contributed by atoms with Crippen LogP contribution in [0.2, 0.25) is 0 Å². The van der Waals surface area contributed by atoms with Gasteiger partial charge in [0.05, 0.1) is 16.5 Å². The van der Waals surface area contributed by atoms with Crippen LogP contribution in [0.1, 0.15) is 12.5 Å². The molecule has 152 valence electrons. The van der Waals surface area contributed by atoms with E-state index in [1.165, 1.54) is 18.2 Å². The Labute approximate surface area is 171 Å². The van der Waals surface area contributed by atoms with Crippen molar-refractivity contribution in [3.63, 3.8) is 0 Å². The molecule has 1 aromatic heterocycles. The highest BCUT2D eigenvalue weighted by Crippen LogP contribution is 2.33. The lowest BCUT2D eigenvalue weighted by Gasteiger charge is -2.12. The number of alkyl halides is 3. The number of halogens is 4. The van der Waals surface area contributed by atoms with E-state index in [1.54, 1.807) is 25.1 Å². The van der Waals surface area contributed by atoms with Crippen molar-refractivity contribution in [2.24, 2.45) is 0 Å². The first kappa shape index (κ1) is 21.1. The molecule has 0 fully saturated rings. The number of nitrogens with zero attached hydrogens (tertiary/aromatic N) is 2. The number of rotatable bonds is 6. The number of benzene rings is 2. The molecule has 11 heteroatoms. The monoisotopic (exact) mass is 442 g/mol. The number of amides is 1. The normalized spacial score (nSPS) is 12.4. The van der Waals surface area contributed by atoms with Crippen LogP contribution in [-0.2, 0) is 11.0 Å². The van der Waals surface area contributed by atoms with Gasteiger partial charge in [-0.05, 0) is 37.3 Å². The Morgan fingerprint density at radius 3 is 2.62 bits per heavy atom. The molecule has 1 unspecified atom stereocenters. The van der Waals surface area contributed by atoms with Crippen molar-refractivity contribution in [1.29, 1.82) is 0 Å². The Morgan fingerprint density at radius 1 is 1.14 bits per heavy atom. The minimum Gasteiger partial charge on any atom is -0.328 e. The predicted octanol–water partition coefficient (Wildman–Crippen LogP) is 5.56. The van der Waals surface area contributed by atoms with Crippen LogP contribution < -0.4 is 10.6 Å². The van der Waals surface area contributed by atoms with E-state index >= 15 is 0 Å². The minimum absolute atomic E-state index is 0.0523. The van der Waals surface area contributed by atoms with Gasteiger partial charge >= 0.3 is 6.18 Å². The van der Waals surface area contributed by atoms with E-state index in [4.69, 9.17) is 0 Å². The van der Waals surface area contributed by atoms with E-state index < -0.39 is 28.7 Å². The molecule has 0 radical (unpaired) electrons. The highest BCUT2D eigenvalue weighted by atomic mass is 32.2. The second-order valence-electron chi connectivity index (χ2n) is 5.81. The molecule has 0 saturated heterocycles. The third-order valence-electron chi connectivity index (χ3n) is 3.63. The molecule has 0 spiro atoms. The number of hydrogen-bond acceptors (Lipinski definition) is 6. The maximum absolute atomic E-state index is 13.7. The number of thioether (sulfide) groups is 1. The van der Waals surface area contributed by atoms with Gasteiger partial charge in [-0.3, -0.25) is 4.79 Å². The summed E-state index contributed by atoms with van der Waals surface area (Å²) in [7, 11) is 0. The number of carbonyl (C=O) groups is 1. The van der Waals surface area contributed by atoms with E-state index in [9.17, 15) is 22.4 Å². The van der Waals surface area contributed by atoms with Crippen LogP contribution in [0.3, 0.4) is 0 Å². The van der Waals surface area contributed by atoms with Crippen molar-refractivity contribution < 1.29 is 22.4 Å². The molecule has 0 aliphatic heterocycles. The predicted molar refractivity (Wildman–Crippen MR) is 105 cm³/mol. The van der Waals surface area contributed by atoms with Crippen LogP contribution in [0.25, 0.3) is 0 Å². The lowest BCUT2D eigenvalue weighted by molar-refractivity contribution is -0.137. The standard InChI is InChI=1S/C18H14F4N4OS2/c1-10(15(27)23-12-6-4-5-11(9-12)18(20,21)22)28-17-26-25-16(29-17)24-14-8-3-2-7-13(14)19/h2-10H,1H3,(H,23,27)(H,24,25). The number of hydrogen-bond donors (Lipinski definition) is 2. The Kier molecular flexibility index (Phi) is 6.38. The van der Waals surface area contributed by atoms with Crippen molar-refractivity contribution in [1.82, 2.24) is 10.2 Å². The van der Waals surface area contributed by atoms with Gasteiger partial charge in [0.25, 0.3) is 0 Å². The highest BCUT2D eigenvalue weighted by molar-refractivity contribution is 8.02. The molecule has 0 aliphatic carbocycles. The summed E-state index contributed by atoms with van der Waals surface area (Å²) < 4.78 is 52.5. The average Bonchev–Trinajstić information content (AvgIpc) is 3.10. The molecule has 1 atom stereocenters. The van der Waals surface area contributed by atoms with Crippen LogP contribution in [0, 0.1) is 5.82 Å². The summed E-state index contributed by atoms with van der Waals surface area (Å²) in [5.41, 5.74) is -0.546. The molecular weight excluding hydrogens is 428 g/mol. The second-order valence-corrected chi connectivity index (χ2v) is 8.37. The number of para-hydroxylation sites is 1. The first-order chi connectivity index (χ1) is 13.7. The van der Waals surface area contributed by atoms with Crippen LogP contribution in [-0.4, -0.2) is 21.4 Å². The summed E-state index contributed by atoms with van der Waals surface area (Å²) in [6.07, 6.45) is -4.49. The summed E-state index contributed by atoms with van der Waals surface area (Å²) in [4.78, 5) is 12.3. The van der Waals surface area contributed by atoms with Gasteiger partial charge in [0.2, 0.25) is 11.0 Å². The van der Waals surface area contributed by atoms with E-state index in [1.807, 2.05) is 0 Å². The lowest BCUT2D eigenvalue weighted by Crippen LogP contribution is -2.22. The van der Waals surface area contributed by atoms with Crippen LogP contribution >= 0.6 is 23.1 Å². The van der Waals surface area contributed by atoms with Crippen molar-refractivity contribution in [2.75, 3.05) is 10.6 Å². The molecule has 0 saturated carbocycles. The largest absolute Gasteiger partial charge is 0.416 e. The molecule has 5 nitrogen and oxygen atoms in total. The fraction of sp³-hybridized carbons (Fsp3) is 0.167. The third-order valence-corrected chi connectivity index (χ3v) is 5.65. The first-order valence-corrected chi connectivity index (χ1v) is 9.92. The molecule has 3 rings (SSSR count). The molecule has 0 bridgehead atoms. The zero-order valence-corrected chi connectivity index (χ0v) is 16.5. The zero-order valence-electron chi connectivity index (χ0n) is 14.8.